The number of anilines is 2. The van der Waals surface area contributed by atoms with Crippen molar-refractivity contribution in [3.63, 3.8) is 0 Å². The quantitative estimate of drug-likeness (QED) is 0.741. The molecule has 0 unspecified atom stereocenters. The minimum absolute atomic E-state index is 0.0569. The third kappa shape index (κ3) is 5.86. The van der Waals surface area contributed by atoms with Crippen LogP contribution in [0.25, 0.3) is 0 Å². The Bertz CT molecular complexity index is 453. The van der Waals surface area contributed by atoms with Crippen LogP contribution in [0.1, 0.15) is 39.7 Å². The number of hydrogen-bond donors (Lipinski definition) is 3. The van der Waals surface area contributed by atoms with Gasteiger partial charge in [-0.05, 0) is 34.1 Å². The summed E-state index contributed by atoms with van der Waals surface area (Å²) in [5.74, 6) is 1.21. The van der Waals surface area contributed by atoms with Crippen molar-refractivity contribution in [1.82, 2.24) is 15.3 Å². The van der Waals surface area contributed by atoms with Crippen LogP contribution in [0.4, 0.5) is 11.8 Å². The van der Waals surface area contributed by atoms with Gasteiger partial charge < -0.3 is 16.0 Å². The second kappa shape index (κ2) is 7.07. The van der Waals surface area contributed by atoms with Gasteiger partial charge in [-0.15, -0.1) is 0 Å². The topological polar surface area (TPSA) is 78.9 Å². The Hall–Kier alpha value is -1.85. The third-order valence-corrected chi connectivity index (χ3v) is 2.44. The Labute approximate surface area is 120 Å². The molecule has 1 aromatic heterocycles. The second-order valence-electron chi connectivity index (χ2n) is 5.80. The highest BCUT2D eigenvalue weighted by Crippen LogP contribution is 2.12. The van der Waals surface area contributed by atoms with Crippen LogP contribution >= 0.6 is 0 Å². The molecule has 1 aromatic rings. The molecule has 112 valence electrons. The average Bonchev–Trinajstić information content (AvgIpc) is 2.34. The molecule has 6 nitrogen and oxygen atoms in total. The molecule has 0 radical (unpaired) electrons. The van der Waals surface area contributed by atoms with E-state index in [2.05, 4.69) is 32.8 Å². The zero-order valence-electron chi connectivity index (χ0n) is 13.0. The lowest BCUT2D eigenvalue weighted by molar-refractivity contribution is -0.120. The summed E-state index contributed by atoms with van der Waals surface area (Å²) >= 11 is 0. The maximum absolute atomic E-state index is 11.8. The van der Waals surface area contributed by atoms with Crippen LogP contribution in [-0.2, 0) is 4.79 Å². The van der Waals surface area contributed by atoms with E-state index in [0.29, 0.717) is 11.8 Å². The highest BCUT2D eigenvalue weighted by molar-refractivity contribution is 5.81. The molecule has 0 bridgehead atoms. The Balaban J connectivity index is 2.60. The number of nitrogens with one attached hydrogen (secondary N) is 3. The number of amides is 1. The number of aryl methyl sites for hydroxylation is 1. The Kier molecular flexibility index (Phi) is 5.73. The van der Waals surface area contributed by atoms with Crippen molar-refractivity contribution in [2.24, 2.45) is 0 Å². The second-order valence-corrected chi connectivity index (χ2v) is 5.80. The van der Waals surface area contributed by atoms with Crippen LogP contribution < -0.4 is 16.0 Å². The normalized spacial score (nSPS) is 11.1. The van der Waals surface area contributed by atoms with Gasteiger partial charge in [0.25, 0.3) is 0 Å². The molecule has 0 saturated carbocycles. The summed E-state index contributed by atoms with van der Waals surface area (Å²) in [6.45, 7) is 10.9. The van der Waals surface area contributed by atoms with Gasteiger partial charge in [-0.25, -0.2) is 4.98 Å². The van der Waals surface area contributed by atoms with Crippen LogP contribution in [-0.4, -0.2) is 34.5 Å². The third-order valence-electron chi connectivity index (χ3n) is 2.44. The van der Waals surface area contributed by atoms with E-state index in [-0.39, 0.29) is 18.0 Å². The molecule has 1 heterocycles. The summed E-state index contributed by atoms with van der Waals surface area (Å²) in [5.41, 5.74) is 0.684. The van der Waals surface area contributed by atoms with E-state index < -0.39 is 0 Å². The van der Waals surface area contributed by atoms with E-state index in [1.54, 1.807) is 6.20 Å². The van der Waals surface area contributed by atoms with Crippen LogP contribution in [0.15, 0.2) is 6.20 Å². The first-order valence-corrected chi connectivity index (χ1v) is 6.94. The highest BCUT2D eigenvalue weighted by atomic mass is 16.2. The van der Waals surface area contributed by atoms with E-state index in [1.807, 2.05) is 27.7 Å². The smallest absolute Gasteiger partial charge is 0.239 e. The van der Waals surface area contributed by atoms with Crippen LogP contribution in [0, 0.1) is 6.92 Å². The molecule has 0 aliphatic carbocycles. The summed E-state index contributed by atoms with van der Waals surface area (Å²) < 4.78 is 0. The van der Waals surface area contributed by atoms with Gasteiger partial charge in [0.1, 0.15) is 5.82 Å². The molecule has 3 N–H and O–H groups in total. The average molecular weight is 279 g/mol. The fourth-order valence-corrected chi connectivity index (χ4v) is 1.57. The number of carbonyl (C=O) groups excluding carboxylic acids is 1. The largest absolute Gasteiger partial charge is 0.361 e. The summed E-state index contributed by atoms with van der Waals surface area (Å²) in [7, 11) is 0. The fourth-order valence-electron chi connectivity index (χ4n) is 1.57. The Morgan fingerprint density at radius 1 is 1.30 bits per heavy atom. The lowest BCUT2D eigenvalue weighted by Crippen LogP contribution is -2.43. The van der Waals surface area contributed by atoms with Gasteiger partial charge >= 0.3 is 0 Å². The van der Waals surface area contributed by atoms with Gasteiger partial charge in [0.05, 0.1) is 6.54 Å². The molecule has 0 aromatic carbocycles. The van der Waals surface area contributed by atoms with Gasteiger partial charge in [0.15, 0.2) is 0 Å². The monoisotopic (exact) mass is 279 g/mol. The number of rotatable bonds is 6. The molecule has 1 amide bonds. The molecule has 0 fully saturated rings. The van der Waals surface area contributed by atoms with Gasteiger partial charge in [-0.3, -0.25) is 4.79 Å². The minimum Gasteiger partial charge on any atom is -0.361 e. The van der Waals surface area contributed by atoms with Gasteiger partial charge in [-0.1, -0.05) is 6.92 Å². The van der Waals surface area contributed by atoms with Crippen LogP contribution in [0.3, 0.4) is 0 Å². The van der Waals surface area contributed by atoms with E-state index >= 15 is 0 Å². The van der Waals surface area contributed by atoms with Crippen molar-refractivity contribution in [2.75, 3.05) is 23.7 Å². The zero-order valence-corrected chi connectivity index (χ0v) is 13.0. The number of carbonyl (C=O) groups is 1. The standard InChI is InChI=1S/C14H25N5O/c1-6-7-15-13-17-8-10(2)12(18-13)16-9-11(20)19-14(3,4)5/h8H,6-7,9H2,1-5H3,(H,19,20)(H2,15,16,17,18). The minimum atomic E-state index is -0.229. The van der Waals surface area contributed by atoms with Crippen molar-refractivity contribution < 1.29 is 4.79 Å². The zero-order chi connectivity index (χ0) is 15.2. The van der Waals surface area contributed by atoms with Crippen LogP contribution in [0.5, 0.6) is 0 Å². The van der Waals surface area contributed by atoms with Gasteiger partial charge in [0.2, 0.25) is 11.9 Å². The predicted molar refractivity (Wildman–Crippen MR) is 81.9 cm³/mol. The summed E-state index contributed by atoms with van der Waals surface area (Å²) in [6.07, 6.45) is 2.75. The fraction of sp³-hybridized carbons (Fsp3) is 0.643. The summed E-state index contributed by atoms with van der Waals surface area (Å²) in [6, 6.07) is 0. The Morgan fingerprint density at radius 3 is 2.60 bits per heavy atom. The van der Waals surface area contributed by atoms with Crippen molar-refractivity contribution in [1.29, 1.82) is 0 Å². The highest BCUT2D eigenvalue weighted by Gasteiger charge is 2.13. The van der Waals surface area contributed by atoms with Crippen molar-refractivity contribution in [3.05, 3.63) is 11.8 Å². The van der Waals surface area contributed by atoms with E-state index in [9.17, 15) is 4.79 Å². The molecule has 0 spiro atoms. The first-order chi connectivity index (χ1) is 9.31. The van der Waals surface area contributed by atoms with Crippen molar-refractivity contribution in [2.45, 2.75) is 46.6 Å². The number of aromatic nitrogens is 2. The maximum atomic E-state index is 11.8. The molecular weight excluding hydrogens is 254 g/mol. The SMILES string of the molecule is CCCNc1ncc(C)c(NCC(=O)NC(C)(C)C)n1. The molecule has 1 rings (SSSR count). The first kappa shape index (κ1) is 16.2. The summed E-state index contributed by atoms with van der Waals surface area (Å²) in [5, 5.41) is 9.07. The molecule has 0 aliphatic heterocycles. The van der Waals surface area contributed by atoms with E-state index in [1.165, 1.54) is 0 Å². The molecule has 0 atom stereocenters. The van der Waals surface area contributed by atoms with Crippen LogP contribution in [0.2, 0.25) is 0 Å². The molecule has 0 aliphatic rings. The first-order valence-electron chi connectivity index (χ1n) is 6.94. The molecule has 6 heteroatoms. The lowest BCUT2D eigenvalue weighted by Gasteiger charge is -2.20. The lowest BCUT2D eigenvalue weighted by atomic mass is 10.1. The maximum Gasteiger partial charge on any atom is 0.239 e. The van der Waals surface area contributed by atoms with Gasteiger partial charge in [0, 0.05) is 23.8 Å². The van der Waals surface area contributed by atoms with Gasteiger partial charge in [-0.2, -0.15) is 4.98 Å². The Morgan fingerprint density at radius 2 is 2.00 bits per heavy atom. The molecular formula is C14H25N5O. The van der Waals surface area contributed by atoms with E-state index in [0.717, 1.165) is 18.5 Å². The summed E-state index contributed by atoms with van der Waals surface area (Å²) in [4.78, 5) is 20.3. The van der Waals surface area contributed by atoms with E-state index in [4.69, 9.17) is 0 Å². The number of nitrogens with zero attached hydrogens (tertiary/aromatic N) is 2. The molecule has 20 heavy (non-hydrogen) atoms. The predicted octanol–water partition coefficient (Wildman–Crippen LogP) is 1.93. The number of hydrogen-bond acceptors (Lipinski definition) is 5. The van der Waals surface area contributed by atoms with Crippen molar-refractivity contribution in [3.8, 4) is 0 Å². The molecule has 0 saturated heterocycles. The van der Waals surface area contributed by atoms with Crippen molar-refractivity contribution >= 4 is 17.7 Å².